The predicted octanol–water partition coefficient (Wildman–Crippen LogP) is 2.42. The molecule has 0 unspecified atom stereocenters. The molecule has 4 nitrogen and oxygen atoms in total. The Morgan fingerprint density at radius 1 is 1.22 bits per heavy atom. The van der Waals surface area contributed by atoms with Crippen LogP contribution in [0, 0.1) is 13.8 Å². The zero-order valence-corrected chi connectivity index (χ0v) is 11.0. The van der Waals surface area contributed by atoms with E-state index in [0.717, 1.165) is 34.9 Å². The van der Waals surface area contributed by atoms with Gasteiger partial charge in [-0.1, -0.05) is 6.07 Å². The number of aliphatic hydroxyl groups is 1. The maximum absolute atomic E-state index is 9.13. The van der Waals surface area contributed by atoms with E-state index in [2.05, 4.69) is 9.88 Å². The van der Waals surface area contributed by atoms with E-state index in [1.165, 1.54) is 0 Å². The number of aliphatic hydroxyl groups excluding tert-OH is 1. The SMILES string of the molecule is Cc1nc(N(C)Cc2ccoc2C)ccc1CO. The van der Waals surface area contributed by atoms with Crippen molar-refractivity contribution < 1.29 is 9.52 Å². The molecule has 1 N–H and O–H groups in total. The molecule has 0 bridgehead atoms. The van der Waals surface area contributed by atoms with Gasteiger partial charge in [-0.3, -0.25) is 0 Å². The number of anilines is 1. The summed E-state index contributed by atoms with van der Waals surface area (Å²) in [6, 6.07) is 5.81. The zero-order chi connectivity index (χ0) is 13.1. The van der Waals surface area contributed by atoms with Crippen LogP contribution >= 0.6 is 0 Å². The number of nitrogens with zero attached hydrogens (tertiary/aromatic N) is 2. The number of furan rings is 1. The maximum Gasteiger partial charge on any atom is 0.128 e. The molecule has 2 aromatic heterocycles. The van der Waals surface area contributed by atoms with E-state index in [-0.39, 0.29) is 6.61 Å². The lowest BCUT2D eigenvalue weighted by molar-refractivity contribution is 0.280. The van der Waals surface area contributed by atoms with Crippen LogP contribution in [0.1, 0.15) is 22.6 Å². The molecule has 4 heteroatoms. The van der Waals surface area contributed by atoms with E-state index in [4.69, 9.17) is 9.52 Å². The molecule has 0 aliphatic carbocycles. The smallest absolute Gasteiger partial charge is 0.128 e. The molecule has 0 saturated heterocycles. The van der Waals surface area contributed by atoms with Gasteiger partial charge < -0.3 is 14.4 Å². The summed E-state index contributed by atoms with van der Waals surface area (Å²) in [4.78, 5) is 6.55. The Morgan fingerprint density at radius 3 is 2.56 bits per heavy atom. The minimum absolute atomic E-state index is 0.0314. The summed E-state index contributed by atoms with van der Waals surface area (Å²) in [5, 5.41) is 9.13. The normalized spacial score (nSPS) is 10.7. The molecule has 0 amide bonds. The maximum atomic E-state index is 9.13. The van der Waals surface area contributed by atoms with Crippen LogP contribution in [0.15, 0.2) is 28.9 Å². The van der Waals surface area contributed by atoms with Crippen molar-refractivity contribution in [3.63, 3.8) is 0 Å². The molecular weight excluding hydrogens is 228 g/mol. The van der Waals surface area contributed by atoms with E-state index in [1.54, 1.807) is 6.26 Å². The van der Waals surface area contributed by atoms with Crippen LogP contribution in [0.3, 0.4) is 0 Å². The minimum atomic E-state index is 0.0314. The van der Waals surface area contributed by atoms with Crippen molar-refractivity contribution in [1.29, 1.82) is 0 Å². The summed E-state index contributed by atoms with van der Waals surface area (Å²) in [6.07, 6.45) is 1.70. The quantitative estimate of drug-likeness (QED) is 0.900. The predicted molar refractivity (Wildman–Crippen MR) is 70.4 cm³/mol. The van der Waals surface area contributed by atoms with Gasteiger partial charge in [0.25, 0.3) is 0 Å². The van der Waals surface area contributed by atoms with Crippen LogP contribution < -0.4 is 4.90 Å². The highest BCUT2D eigenvalue weighted by Crippen LogP contribution is 2.18. The molecule has 2 aromatic rings. The molecule has 0 aliphatic heterocycles. The topological polar surface area (TPSA) is 49.5 Å². The number of aryl methyl sites for hydroxylation is 2. The van der Waals surface area contributed by atoms with Gasteiger partial charge in [0.05, 0.1) is 12.9 Å². The van der Waals surface area contributed by atoms with Crippen molar-refractivity contribution >= 4 is 5.82 Å². The second kappa shape index (κ2) is 5.23. The Balaban J connectivity index is 2.16. The fourth-order valence-corrected chi connectivity index (χ4v) is 1.87. The molecule has 2 heterocycles. The average molecular weight is 246 g/mol. The van der Waals surface area contributed by atoms with Gasteiger partial charge in [0, 0.05) is 24.8 Å². The van der Waals surface area contributed by atoms with Crippen molar-refractivity contribution in [3.8, 4) is 0 Å². The summed E-state index contributed by atoms with van der Waals surface area (Å²) in [5.74, 6) is 1.83. The van der Waals surface area contributed by atoms with Crippen LogP contribution in [-0.2, 0) is 13.2 Å². The Bertz CT molecular complexity index is 534. The molecule has 0 aliphatic rings. The monoisotopic (exact) mass is 246 g/mol. The lowest BCUT2D eigenvalue weighted by Crippen LogP contribution is -2.18. The minimum Gasteiger partial charge on any atom is -0.469 e. The largest absolute Gasteiger partial charge is 0.469 e. The molecule has 0 spiro atoms. The van der Waals surface area contributed by atoms with Gasteiger partial charge in [-0.05, 0) is 31.5 Å². The van der Waals surface area contributed by atoms with Gasteiger partial charge in [0.15, 0.2) is 0 Å². The third kappa shape index (κ3) is 2.54. The molecule has 96 valence electrons. The van der Waals surface area contributed by atoms with E-state index in [0.29, 0.717) is 0 Å². The molecule has 0 atom stereocenters. The van der Waals surface area contributed by atoms with Crippen molar-refractivity contribution in [3.05, 3.63) is 47.0 Å². The van der Waals surface area contributed by atoms with Gasteiger partial charge in [-0.2, -0.15) is 0 Å². The number of hydrogen-bond acceptors (Lipinski definition) is 4. The molecule has 0 saturated carbocycles. The second-order valence-electron chi connectivity index (χ2n) is 4.43. The fourth-order valence-electron chi connectivity index (χ4n) is 1.87. The molecule has 2 rings (SSSR count). The van der Waals surface area contributed by atoms with E-state index in [9.17, 15) is 0 Å². The first-order chi connectivity index (χ1) is 8.61. The van der Waals surface area contributed by atoms with E-state index >= 15 is 0 Å². The number of aromatic nitrogens is 1. The number of hydrogen-bond donors (Lipinski definition) is 1. The highest BCUT2D eigenvalue weighted by molar-refractivity contribution is 5.41. The Labute approximate surface area is 107 Å². The van der Waals surface area contributed by atoms with Gasteiger partial charge in [0.2, 0.25) is 0 Å². The summed E-state index contributed by atoms with van der Waals surface area (Å²) in [5.41, 5.74) is 2.89. The third-order valence-electron chi connectivity index (χ3n) is 3.12. The molecular formula is C14H18N2O2. The first-order valence-electron chi connectivity index (χ1n) is 5.93. The van der Waals surface area contributed by atoms with Gasteiger partial charge >= 0.3 is 0 Å². The van der Waals surface area contributed by atoms with Crippen LogP contribution in [0.4, 0.5) is 5.82 Å². The standard InChI is InChI=1S/C14H18N2O2/c1-10-13(9-17)4-5-14(15-10)16(3)8-12-6-7-18-11(12)2/h4-7,17H,8-9H2,1-3H3. The van der Waals surface area contributed by atoms with Crippen LogP contribution in [-0.4, -0.2) is 17.1 Å². The first-order valence-corrected chi connectivity index (χ1v) is 5.93. The Morgan fingerprint density at radius 2 is 2.00 bits per heavy atom. The lowest BCUT2D eigenvalue weighted by Gasteiger charge is -2.18. The summed E-state index contributed by atoms with van der Waals surface area (Å²) >= 11 is 0. The average Bonchev–Trinajstić information content (AvgIpc) is 2.75. The number of rotatable bonds is 4. The summed E-state index contributed by atoms with van der Waals surface area (Å²) in [7, 11) is 1.99. The first kappa shape index (κ1) is 12.6. The van der Waals surface area contributed by atoms with Crippen molar-refractivity contribution in [2.45, 2.75) is 27.0 Å². The zero-order valence-electron chi connectivity index (χ0n) is 11.0. The van der Waals surface area contributed by atoms with Crippen LogP contribution in [0.2, 0.25) is 0 Å². The summed E-state index contributed by atoms with van der Waals surface area (Å²) in [6.45, 7) is 4.65. The van der Waals surface area contributed by atoms with Crippen LogP contribution in [0.5, 0.6) is 0 Å². The lowest BCUT2D eigenvalue weighted by atomic mass is 10.2. The molecule has 0 fully saturated rings. The highest BCUT2D eigenvalue weighted by atomic mass is 16.3. The van der Waals surface area contributed by atoms with Crippen molar-refractivity contribution in [2.24, 2.45) is 0 Å². The van der Waals surface area contributed by atoms with E-state index < -0.39 is 0 Å². The summed E-state index contributed by atoms with van der Waals surface area (Å²) < 4.78 is 5.28. The molecule has 0 aromatic carbocycles. The van der Waals surface area contributed by atoms with Gasteiger partial charge in [0.1, 0.15) is 11.6 Å². The van der Waals surface area contributed by atoms with Crippen molar-refractivity contribution in [2.75, 3.05) is 11.9 Å². The number of pyridine rings is 1. The fraction of sp³-hybridized carbons (Fsp3) is 0.357. The van der Waals surface area contributed by atoms with Gasteiger partial charge in [-0.25, -0.2) is 4.98 Å². The Kier molecular flexibility index (Phi) is 3.67. The third-order valence-corrected chi connectivity index (χ3v) is 3.12. The second-order valence-corrected chi connectivity index (χ2v) is 4.43. The highest BCUT2D eigenvalue weighted by Gasteiger charge is 2.08. The van der Waals surface area contributed by atoms with Crippen LogP contribution in [0.25, 0.3) is 0 Å². The molecule has 18 heavy (non-hydrogen) atoms. The molecule has 0 radical (unpaired) electrons. The van der Waals surface area contributed by atoms with Crippen molar-refractivity contribution in [1.82, 2.24) is 4.98 Å². The Hall–Kier alpha value is -1.81. The van der Waals surface area contributed by atoms with E-state index in [1.807, 2.05) is 39.1 Å². The van der Waals surface area contributed by atoms with Gasteiger partial charge in [-0.15, -0.1) is 0 Å².